The first-order valence-corrected chi connectivity index (χ1v) is 4.17. The maximum Gasteiger partial charge on any atom is 0.0260 e. The summed E-state index contributed by atoms with van der Waals surface area (Å²) in [6.07, 6.45) is 2.24. The average molecular weight is 155 g/mol. The van der Waals surface area contributed by atoms with Gasteiger partial charge in [-0.25, -0.2) is 0 Å². The molecule has 1 unspecified atom stereocenters. The molecule has 0 spiro atoms. The minimum Gasteiger partial charge on any atom is -0.0940 e. The highest BCUT2D eigenvalue weighted by Gasteiger charge is 2.03. The van der Waals surface area contributed by atoms with Gasteiger partial charge in [-0.2, -0.15) is 0 Å². The van der Waals surface area contributed by atoms with Crippen LogP contribution in [0.3, 0.4) is 0 Å². The first-order valence-electron chi connectivity index (χ1n) is 4.17. The fourth-order valence-electron chi connectivity index (χ4n) is 1.25. The Morgan fingerprint density at radius 2 is 2.00 bits per heavy atom. The molecule has 3 heteroatoms. The molecule has 11 heavy (non-hydrogen) atoms. The van der Waals surface area contributed by atoms with Crippen LogP contribution in [0, 0.1) is 11.8 Å². The van der Waals surface area contributed by atoms with Crippen LogP contribution >= 0.6 is 0 Å². The highest BCUT2D eigenvalue weighted by molar-refractivity contribution is 4.58. The molecule has 1 atom stereocenters. The van der Waals surface area contributed by atoms with E-state index in [0.717, 1.165) is 12.3 Å². The van der Waals surface area contributed by atoms with Crippen LogP contribution in [-0.2, 0) is 0 Å². The van der Waals surface area contributed by atoms with Crippen molar-refractivity contribution in [2.75, 3.05) is 6.54 Å². The quantitative estimate of drug-likeness (QED) is 0.332. The van der Waals surface area contributed by atoms with Crippen LogP contribution < -0.4 is 0 Å². The Morgan fingerprint density at radius 3 is 2.45 bits per heavy atom. The number of hydrogen-bond acceptors (Lipinski definition) is 1. The molecule has 0 rings (SSSR count). The predicted molar refractivity (Wildman–Crippen MR) is 47.2 cm³/mol. The molecule has 0 N–H and O–H groups in total. The fourth-order valence-corrected chi connectivity index (χ4v) is 1.25. The van der Waals surface area contributed by atoms with Crippen LogP contribution in [0.5, 0.6) is 0 Å². The normalized spacial score (nSPS) is 12.7. The molecule has 0 saturated heterocycles. The van der Waals surface area contributed by atoms with Gasteiger partial charge in [-0.3, -0.25) is 0 Å². The predicted octanol–water partition coefficient (Wildman–Crippen LogP) is 3.37. The van der Waals surface area contributed by atoms with Gasteiger partial charge in [0.25, 0.3) is 0 Å². The third-order valence-corrected chi connectivity index (χ3v) is 1.66. The van der Waals surface area contributed by atoms with Crippen molar-refractivity contribution in [2.45, 2.75) is 33.6 Å². The molecule has 0 fully saturated rings. The van der Waals surface area contributed by atoms with Gasteiger partial charge in [0.1, 0.15) is 0 Å². The topological polar surface area (TPSA) is 48.8 Å². The fraction of sp³-hybridized carbons (Fsp3) is 1.00. The lowest BCUT2D eigenvalue weighted by Crippen LogP contribution is -2.01. The summed E-state index contributed by atoms with van der Waals surface area (Å²) in [5.74, 6) is 1.43. The second kappa shape index (κ2) is 6.05. The lowest BCUT2D eigenvalue weighted by atomic mass is 9.96. The van der Waals surface area contributed by atoms with E-state index >= 15 is 0 Å². The van der Waals surface area contributed by atoms with Gasteiger partial charge in [0, 0.05) is 11.5 Å². The highest BCUT2D eigenvalue weighted by Crippen LogP contribution is 2.13. The number of rotatable bonds is 5. The van der Waals surface area contributed by atoms with Gasteiger partial charge in [-0.1, -0.05) is 25.9 Å². The lowest BCUT2D eigenvalue weighted by molar-refractivity contribution is 0.420. The Labute approximate surface area is 68.4 Å². The van der Waals surface area contributed by atoms with Gasteiger partial charge >= 0.3 is 0 Å². The average Bonchev–Trinajstić information content (AvgIpc) is 1.86. The van der Waals surface area contributed by atoms with Gasteiger partial charge in [-0.15, -0.1) is 0 Å². The van der Waals surface area contributed by atoms with E-state index in [-0.39, 0.29) is 0 Å². The Bertz CT molecular complexity index is 136. The third kappa shape index (κ3) is 7.20. The van der Waals surface area contributed by atoms with Gasteiger partial charge in [0.2, 0.25) is 0 Å². The summed E-state index contributed by atoms with van der Waals surface area (Å²) < 4.78 is 0. The molecule has 0 heterocycles. The van der Waals surface area contributed by atoms with Gasteiger partial charge in [0.05, 0.1) is 0 Å². The lowest BCUT2D eigenvalue weighted by Gasteiger charge is -2.11. The molecule has 3 nitrogen and oxygen atoms in total. The smallest absolute Gasteiger partial charge is 0.0260 e. The Balaban J connectivity index is 3.36. The largest absolute Gasteiger partial charge is 0.0940 e. The molecule has 0 amide bonds. The molecule has 0 aromatic carbocycles. The number of hydrogen-bond donors (Lipinski definition) is 0. The molecule has 0 aliphatic rings. The molecule has 0 aromatic heterocycles. The minimum absolute atomic E-state index is 0.643. The van der Waals surface area contributed by atoms with Crippen LogP contribution in [0.2, 0.25) is 0 Å². The van der Waals surface area contributed by atoms with E-state index in [4.69, 9.17) is 5.53 Å². The Kier molecular flexibility index (Phi) is 5.67. The second-order valence-corrected chi connectivity index (χ2v) is 3.48. The van der Waals surface area contributed by atoms with Crippen molar-refractivity contribution in [2.24, 2.45) is 17.0 Å². The second-order valence-electron chi connectivity index (χ2n) is 3.48. The monoisotopic (exact) mass is 155 g/mol. The minimum atomic E-state index is 0.643. The van der Waals surface area contributed by atoms with Crippen LogP contribution in [0.15, 0.2) is 5.11 Å². The van der Waals surface area contributed by atoms with Crippen molar-refractivity contribution < 1.29 is 0 Å². The molecular weight excluding hydrogens is 138 g/mol. The zero-order chi connectivity index (χ0) is 8.69. The summed E-state index contributed by atoms with van der Waals surface area (Å²) in [4.78, 5) is 2.71. The molecule has 64 valence electrons. The first kappa shape index (κ1) is 10.3. The van der Waals surface area contributed by atoms with Crippen molar-refractivity contribution in [3.63, 3.8) is 0 Å². The summed E-state index contributed by atoms with van der Waals surface area (Å²) in [6.45, 7) is 7.27. The Hall–Kier alpha value is -0.690. The van der Waals surface area contributed by atoms with Gasteiger partial charge < -0.3 is 0 Å². The standard InChI is InChI=1S/C8H17N3/c1-7(2)6-8(3)4-5-10-11-9/h7-8H,4-6H2,1-3H3. The molecule has 0 saturated carbocycles. The van der Waals surface area contributed by atoms with Crippen LogP contribution in [-0.4, -0.2) is 6.54 Å². The maximum atomic E-state index is 8.02. The van der Waals surface area contributed by atoms with E-state index in [0.29, 0.717) is 12.5 Å². The zero-order valence-electron chi connectivity index (χ0n) is 7.62. The summed E-state index contributed by atoms with van der Waals surface area (Å²) in [6, 6.07) is 0. The highest BCUT2D eigenvalue weighted by atomic mass is 15.1. The molecular formula is C8H17N3. The van der Waals surface area contributed by atoms with E-state index in [1.807, 2.05) is 0 Å². The van der Waals surface area contributed by atoms with E-state index in [9.17, 15) is 0 Å². The molecule has 0 aromatic rings. The van der Waals surface area contributed by atoms with Crippen molar-refractivity contribution in [1.29, 1.82) is 0 Å². The summed E-state index contributed by atoms with van der Waals surface area (Å²) in [5.41, 5.74) is 8.02. The van der Waals surface area contributed by atoms with Gasteiger partial charge in [0.15, 0.2) is 0 Å². The molecule has 0 bridgehead atoms. The Morgan fingerprint density at radius 1 is 1.36 bits per heavy atom. The van der Waals surface area contributed by atoms with Crippen molar-refractivity contribution in [3.8, 4) is 0 Å². The third-order valence-electron chi connectivity index (χ3n) is 1.66. The zero-order valence-corrected chi connectivity index (χ0v) is 7.62. The van der Waals surface area contributed by atoms with E-state index in [2.05, 4.69) is 30.8 Å². The van der Waals surface area contributed by atoms with Gasteiger partial charge in [-0.05, 0) is 30.2 Å². The molecule has 0 radical (unpaired) electrons. The maximum absolute atomic E-state index is 8.02. The van der Waals surface area contributed by atoms with Crippen LogP contribution in [0.4, 0.5) is 0 Å². The summed E-state index contributed by atoms with van der Waals surface area (Å²) in [5, 5.41) is 3.50. The first-order chi connectivity index (χ1) is 5.16. The number of azide groups is 1. The SMILES string of the molecule is CC(C)CC(C)CCN=[N+]=[N-]. The summed E-state index contributed by atoms with van der Waals surface area (Å²) in [7, 11) is 0. The summed E-state index contributed by atoms with van der Waals surface area (Å²) >= 11 is 0. The van der Waals surface area contributed by atoms with E-state index < -0.39 is 0 Å². The van der Waals surface area contributed by atoms with E-state index in [1.165, 1.54) is 6.42 Å². The van der Waals surface area contributed by atoms with Crippen molar-refractivity contribution in [1.82, 2.24) is 0 Å². The molecule has 0 aliphatic carbocycles. The van der Waals surface area contributed by atoms with Crippen LogP contribution in [0.1, 0.15) is 33.6 Å². The van der Waals surface area contributed by atoms with Crippen LogP contribution in [0.25, 0.3) is 10.4 Å². The van der Waals surface area contributed by atoms with Crippen molar-refractivity contribution >= 4 is 0 Å². The molecule has 0 aliphatic heterocycles. The van der Waals surface area contributed by atoms with Crippen molar-refractivity contribution in [3.05, 3.63) is 10.4 Å². The number of nitrogens with zero attached hydrogens (tertiary/aromatic N) is 3. The van der Waals surface area contributed by atoms with E-state index in [1.54, 1.807) is 0 Å².